The van der Waals surface area contributed by atoms with Gasteiger partial charge in [0.25, 0.3) is 0 Å². The predicted molar refractivity (Wildman–Crippen MR) is 41.7 cm³/mol. The van der Waals surface area contributed by atoms with Crippen molar-refractivity contribution in [2.24, 2.45) is 0 Å². The van der Waals surface area contributed by atoms with Gasteiger partial charge in [-0.3, -0.25) is 4.98 Å². The van der Waals surface area contributed by atoms with Gasteiger partial charge in [-0.15, -0.1) is 0 Å². The molecule has 2 aromatic rings. The summed E-state index contributed by atoms with van der Waals surface area (Å²) in [5.41, 5.74) is 7.67. The van der Waals surface area contributed by atoms with E-state index in [4.69, 9.17) is 5.73 Å². The normalized spacial score (nSPS) is 10.2. The Morgan fingerprint density at radius 3 is 2.91 bits per heavy atom. The van der Waals surface area contributed by atoms with Gasteiger partial charge >= 0.3 is 0 Å². The van der Waals surface area contributed by atoms with E-state index in [2.05, 4.69) is 15.0 Å². The van der Waals surface area contributed by atoms with Gasteiger partial charge in [-0.1, -0.05) is 0 Å². The molecular weight excluding hydrogens is 140 g/mol. The molecular formula is C7H6N4. The fourth-order valence-corrected chi connectivity index (χ4v) is 0.882. The quantitative estimate of drug-likeness (QED) is 0.591. The highest BCUT2D eigenvalue weighted by atomic mass is 14.9. The first-order chi connectivity index (χ1) is 5.36. The van der Waals surface area contributed by atoms with E-state index in [0.717, 1.165) is 11.0 Å². The van der Waals surface area contributed by atoms with E-state index >= 15 is 0 Å². The Morgan fingerprint density at radius 2 is 2.00 bits per heavy atom. The summed E-state index contributed by atoms with van der Waals surface area (Å²) in [5.74, 6) is 0. The first-order valence-corrected chi connectivity index (χ1v) is 3.17. The van der Waals surface area contributed by atoms with Crippen LogP contribution in [-0.4, -0.2) is 15.0 Å². The largest absolute Gasteiger partial charge is 0.397 e. The van der Waals surface area contributed by atoms with Crippen LogP contribution in [0.15, 0.2) is 24.8 Å². The first kappa shape index (κ1) is 6.03. The lowest BCUT2D eigenvalue weighted by Crippen LogP contribution is -1.89. The summed E-state index contributed by atoms with van der Waals surface area (Å²) in [6.07, 6.45) is 4.72. The van der Waals surface area contributed by atoms with Gasteiger partial charge < -0.3 is 5.73 Å². The third-order valence-corrected chi connectivity index (χ3v) is 1.38. The average molecular weight is 146 g/mol. The van der Waals surface area contributed by atoms with Gasteiger partial charge in [0.05, 0.1) is 23.6 Å². The lowest BCUT2D eigenvalue weighted by atomic mass is 10.3. The second-order valence-electron chi connectivity index (χ2n) is 2.20. The fraction of sp³-hybridized carbons (Fsp3) is 0. The molecule has 0 saturated carbocycles. The molecule has 0 radical (unpaired) electrons. The van der Waals surface area contributed by atoms with Crippen molar-refractivity contribution < 1.29 is 0 Å². The fourth-order valence-electron chi connectivity index (χ4n) is 0.882. The maximum atomic E-state index is 5.50. The number of nitrogen functional groups attached to an aromatic ring is 1. The summed E-state index contributed by atoms with van der Waals surface area (Å²) in [6.45, 7) is 0. The summed E-state index contributed by atoms with van der Waals surface area (Å²) in [4.78, 5) is 11.8. The van der Waals surface area contributed by atoms with Crippen molar-refractivity contribution in [1.29, 1.82) is 0 Å². The minimum atomic E-state index is 0.621. The molecule has 0 aliphatic rings. The number of nitrogens with zero attached hydrogens (tertiary/aromatic N) is 3. The number of hydrogen-bond donors (Lipinski definition) is 1. The summed E-state index contributed by atoms with van der Waals surface area (Å²) in [6, 6.07) is 1.77. The summed E-state index contributed by atoms with van der Waals surface area (Å²) < 4.78 is 0. The lowest BCUT2D eigenvalue weighted by Gasteiger charge is -1.94. The van der Waals surface area contributed by atoms with Gasteiger partial charge in [0.1, 0.15) is 11.8 Å². The minimum Gasteiger partial charge on any atom is -0.397 e. The Morgan fingerprint density at radius 1 is 1.09 bits per heavy atom. The molecule has 0 saturated heterocycles. The van der Waals surface area contributed by atoms with Crippen molar-refractivity contribution in [2.45, 2.75) is 0 Å². The topological polar surface area (TPSA) is 64.7 Å². The van der Waals surface area contributed by atoms with Crippen LogP contribution < -0.4 is 5.73 Å². The molecule has 0 aromatic carbocycles. The molecule has 54 valence electrons. The van der Waals surface area contributed by atoms with Crippen molar-refractivity contribution in [3.05, 3.63) is 24.8 Å². The van der Waals surface area contributed by atoms with E-state index in [1.807, 2.05) is 0 Å². The van der Waals surface area contributed by atoms with Gasteiger partial charge in [-0.05, 0) is 6.07 Å². The van der Waals surface area contributed by atoms with Crippen molar-refractivity contribution in [1.82, 2.24) is 15.0 Å². The van der Waals surface area contributed by atoms with E-state index in [0.29, 0.717) is 5.69 Å². The van der Waals surface area contributed by atoms with Crippen molar-refractivity contribution >= 4 is 16.7 Å². The SMILES string of the molecule is Nc1cnc2cncnc2c1. The van der Waals surface area contributed by atoms with Crippen LogP contribution in [-0.2, 0) is 0 Å². The molecule has 0 spiro atoms. The smallest absolute Gasteiger partial charge is 0.116 e. The van der Waals surface area contributed by atoms with Crippen LogP contribution >= 0.6 is 0 Å². The van der Waals surface area contributed by atoms with Gasteiger partial charge in [0.15, 0.2) is 0 Å². The predicted octanol–water partition coefficient (Wildman–Crippen LogP) is 0.607. The van der Waals surface area contributed by atoms with Crippen LogP contribution in [0.5, 0.6) is 0 Å². The Labute approximate surface area is 63.1 Å². The van der Waals surface area contributed by atoms with E-state index in [-0.39, 0.29) is 0 Å². The van der Waals surface area contributed by atoms with Crippen LogP contribution in [0.4, 0.5) is 5.69 Å². The van der Waals surface area contributed by atoms with Crippen LogP contribution in [0.1, 0.15) is 0 Å². The molecule has 11 heavy (non-hydrogen) atoms. The number of hydrogen-bond acceptors (Lipinski definition) is 4. The molecule has 0 aliphatic heterocycles. The molecule has 0 aliphatic carbocycles. The maximum absolute atomic E-state index is 5.50. The molecule has 2 N–H and O–H groups in total. The number of pyridine rings is 1. The van der Waals surface area contributed by atoms with E-state index in [1.54, 1.807) is 18.5 Å². The summed E-state index contributed by atoms with van der Waals surface area (Å²) >= 11 is 0. The molecule has 4 nitrogen and oxygen atoms in total. The molecule has 2 aromatic heterocycles. The number of aromatic nitrogens is 3. The lowest BCUT2D eigenvalue weighted by molar-refractivity contribution is 1.20. The summed E-state index contributed by atoms with van der Waals surface area (Å²) in [5, 5.41) is 0. The Bertz CT molecular complexity index is 385. The van der Waals surface area contributed by atoms with E-state index < -0.39 is 0 Å². The molecule has 0 fully saturated rings. The second-order valence-corrected chi connectivity index (χ2v) is 2.20. The highest BCUT2D eigenvalue weighted by Gasteiger charge is 1.93. The molecule has 4 heteroatoms. The molecule has 0 unspecified atom stereocenters. The van der Waals surface area contributed by atoms with Gasteiger partial charge in [-0.25, -0.2) is 9.97 Å². The molecule has 0 atom stereocenters. The second kappa shape index (κ2) is 2.16. The molecule has 0 bridgehead atoms. The van der Waals surface area contributed by atoms with Crippen molar-refractivity contribution in [3.63, 3.8) is 0 Å². The minimum absolute atomic E-state index is 0.621. The molecule has 2 rings (SSSR count). The third-order valence-electron chi connectivity index (χ3n) is 1.38. The van der Waals surface area contributed by atoms with Crippen LogP contribution in [0.3, 0.4) is 0 Å². The zero-order valence-electron chi connectivity index (χ0n) is 5.73. The number of rotatable bonds is 0. The standard InChI is InChI=1S/C7H6N4/c8-5-1-6-7(10-2-5)3-9-4-11-6/h1-4H,8H2. The zero-order valence-corrected chi connectivity index (χ0v) is 5.73. The number of nitrogens with two attached hydrogens (primary N) is 1. The summed E-state index contributed by atoms with van der Waals surface area (Å²) in [7, 11) is 0. The van der Waals surface area contributed by atoms with Crippen LogP contribution in [0.25, 0.3) is 11.0 Å². The van der Waals surface area contributed by atoms with Crippen molar-refractivity contribution in [3.8, 4) is 0 Å². The molecule has 2 heterocycles. The van der Waals surface area contributed by atoms with Crippen LogP contribution in [0, 0.1) is 0 Å². The maximum Gasteiger partial charge on any atom is 0.116 e. The monoisotopic (exact) mass is 146 g/mol. The molecule has 0 amide bonds. The van der Waals surface area contributed by atoms with E-state index in [9.17, 15) is 0 Å². The zero-order chi connectivity index (χ0) is 7.68. The Hall–Kier alpha value is -1.71. The Balaban J connectivity index is 2.83. The third kappa shape index (κ3) is 0.980. The van der Waals surface area contributed by atoms with Crippen molar-refractivity contribution in [2.75, 3.05) is 5.73 Å². The van der Waals surface area contributed by atoms with E-state index in [1.165, 1.54) is 6.33 Å². The highest BCUT2D eigenvalue weighted by molar-refractivity contribution is 5.75. The first-order valence-electron chi connectivity index (χ1n) is 3.17. The highest BCUT2D eigenvalue weighted by Crippen LogP contribution is 2.08. The number of anilines is 1. The van der Waals surface area contributed by atoms with Crippen LogP contribution in [0.2, 0.25) is 0 Å². The van der Waals surface area contributed by atoms with Gasteiger partial charge in [0, 0.05) is 0 Å². The number of fused-ring (bicyclic) bond motifs is 1. The average Bonchev–Trinajstić information content (AvgIpc) is 2.04. The van der Waals surface area contributed by atoms with Gasteiger partial charge in [-0.2, -0.15) is 0 Å². The van der Waals surface area contributed by atoms with Gasteiger partial charge in [0.2, 0.25) is 0 Å². The Kier molecular flexibility index (Phi) is 1.18.